The van der Waals surface area contributed by atoms with Crippen LogP contribution in [-0.4, -0.2) is 19.9 Å². The fraction of sp³-hybridized carbons (Fsp3) is 0.476. The molecule has 0 bridgehead atoms. The van der Waals surface area contributed by atoms with Crippen LogP contribution in [0.25, 0.3) is 11.0 Å². The van der Waals surface area contributed by atoms with Gasteiger partial charge in [-0.15, -0.1) is 0 Å². The number of aryl methyl sites for hydroxylation is 1. The first kappa shape index (κ1) is 20.3. The molecule has 3 heterocycles. The average molecular weight is 390 g/mol. The first-order valence-electron chi connectivity index (χ1n) is 9.26. The summed E-state index contributed by atoms with van der Waals surface area (Å²) in [7, 11) is 0. The summed E-state index contributed by atoms with van der Waals surface area (Å²) in [5, 5.41) is 0. The van der Waals surface area contributed by atoms with Crippen molar-refractivity contribution in [2.45, 2.75) is 64.5 Å². The van der Waals surface area contributed by atoms with Crippen LogP contribution in [0.15, 0.2) is 30.6 Å². The minimum atomic E-state index is -4.44. The molecule has 0 aliphatic rings. The van der Waals surface area contributed by atoms with Crippen molar-refractivity contribution >= 4 is 11.0 Å². The smallest absolute Gasteiger partial charge is 0.341 e. The molecule has 1 N–H and O–H groups in total. The number of nitrogens with one attached hydrogen (secondary N) is 1. The number of halogens is 3. The van der Waals surface area contributed by atoms with Crippen molar-refractivity contribution in [2.75, 3.05) is 0 Å². The third-order valence-corrected chi connectivity index (χ3v) is 4.97. The van der Waals surface area contributed by atoms with Crippen LogP contribution in [0.3, 0.4) is 0 Å². The Balaban J connectivity index is 1.84. The summed E-state index contributed by atoms with van der Waals surface area (Å²) in [5.74, 6) is 0.800. The van der Waals surface area contributed by atoms with E-state index in [0.717, 1.165) is 28.5 Å². The van der Waals surface area contributed by atoms with Gasteiger partial charge in [-0.1, -0.05) is 40.7 Å². The number of alkyl halides is 3. The highest BCUT2D eigenvalue weighted by molar-refractivity contribution is 5.78. The number of rotatable bonds is 4. The molecule has 0 unspecified atom stereocenters. The molecule has 0 saturated carbocycles. The van der Waals surface area contributed by atoms with Crippen LogP contribution < -0.4 is 0 Å². The molecule has 3 aromatic rings. The number of aromatic nitrogens is 4. The van der Waals surface area contributed by atoms with Crippen LogP contribution in [0.5, 0.6) is 0 Å². The summed E-state index contributed by atoms with van der Waals surface area (Å²) in [6.07, 6.45) is 0.355. The summed E-state index contributed by atoms with van der Waals surface area (Å²) in [6, 6.07) is 4.06. The van der Waals surface area contributed by atoms with E-state index in [4.69, 9.17) is 4.98 Å². The molecule has 0 aliphatic heterocycles. The van der Waals surface area contributed by atoms with Gasteiger partial charge >= 0.3 is 6.18 Å². The number of nitrogens with zero attached hydrogens (tertiary/aromatic N) is 3. The predicted octanol–water partition coefficient (Wildman–Crippen LogP) is 5.58. The molecule has 0 aromatic carbocycles. The third kappa shape index (κ3) is 4.18. The van der Waals surface area contributed by atoms with E-state index < -0.39 is 17.3 Å². The summed E-state index contributed by atoms with van der Waals surface area (Å²) < 4.78 is 38.9. The van der Waals surface area contributed by atoms with E-state index in [1.807, 2.05) is 20.0 Å². The number of hydrogen-bond donors (Lipinski definition) is 1. The standard InChI is InChI=1S/C21H25F3N4/c1-19(2,3)13-11-25-12-14-18(13)28-17(26-14)9-10-20(4,5)15-7-6-8-16(27-15)21(22,23)24/h6-8,11-12H,9-10H2,1-5H3,(H,26,28). The maximum atomic E-state index is 13.0. The topological polar surface area (TPSA) is 54.5 Å². The Hall–Kier alpha value is -2.44. The molecular weight excluding hydrogens is 365 g/mol. The summed E-state index contributed by atoms with van der Waals surface area (Å²) in [6.45, 7) is 10.1. The van der Waals surface area contributed by atoms with Gasteiger partial charge in [-0.25, -0.2) is 9.97 Å². The van der Waals surface area contributed by atoms with Gasteiger partial charge in [0.15, 0.2) is 0 Å². The minimum absolute atomic E-state index is 0.0831. The first-order valence-corrected chi connectivity index (χ1v) is 9.26. The molecule has 0 fully saturated rings. The van der Waals surface area contributed by atoms with Crippen molar-refractivity contribution in [1.29, 1.82) is 0 Å². The third-order valence-electron chi connectivity index (χ3n) is 4.97. The fourth-order valence-electron chi connectivity index (χ4n) is 3.18. The molecule has 7 heteroatoms. The highest BCUT2D eigenvalue weighted by atomic mass is 19.4. The van der Waals surface area contributed by atoms with Gasteiger partial charge in [0.25, 0.3) is 0 Å². The number of H-pyrrole nitrogens is 1. The van der Waals surface area contributed by atoms with Gasteiger partial charge in [-0.05, 0) is 24.0 Å². The van der Waals surface area contributed by atoms with Crippen molar-refractivity contribution in [3.63, 3.8) is 0 Å². The number of imidazole rings is 1. The van der Waals surface area contributed by atoms with E-state index >= 15 is 0 Å². The minimum Gasteiger partial charge on any atom is -0.341 e. The highest BCUT2D eigenvalue weighted by Gasteiger charge is 2.34. The normalized spacial score (nSPS) is 13.3. The largest absolute Gasteiger partial charge is 0.433 e. The predicted molar refractivity (Wildman–Crippen MR) is 103 cm³/mol. The molecule has 0 saturated heterocycles. The average Bonchev–Trinajstić information content (AvgIpc) is 3.01. The quantitative estimate of drug-likeness (QED) is 0.633. The Morgan fingerprint density at radius 3 is 2.25 bits per heavy atom. The number of hydrogen-bond acceptors (Lipinski definition) is 3. The summed E-state index contributed by atoms with van der Waals surface area (Å²) >= 11 is 0. The van der Waals surface area contributed by atoms with E-state index in [0.29, 0.717) is 18.5 Å². The van der Waals surface area contributed by atoms with Gasteiger partial charge in [0.2, 0.25) is 0 Å². The van der Waals surface area contributed by atoms with Crippen LogP contribution in [0.4, 0.5) is 13.2 Å². The van der Waals surface area contributed by atoms with Gasteiger partial charge in [-0.3, -0.25) is 4.98 Å². The van der Waals surface area contributed by atoms with E-state index in [2.05, 4.69) is 35.7 Å². The molecule has 3 rings (SSSR count). The van der Waals surface area contributed by atoms with Crippen LogP contribution >= 0.6 is 0 Å². The number of pyridine rings is 2. The van der Waals surface area contributed by atoms with E-state index in [9.17, 15) is 13.2 Å². The maximum Gasteiger partial charge on any atom is 0.433 e. The van der Waals surface area contributed by atoms with Gasteiger partial charge in [0.05, 0.1) is 17.2 Å². The number of fused-ring (bicyclic) bond motifs is 1. The van der Waals surface area contributed by atoms with Crippen molar-refractivity contribution in [3.8, 4) is 0 Å². The zero-order valence-electron chi connectivity index (χ0n) is 16.8. The van der Waals surface area contributed by atoms with Crippen LogP contribution in [0.2, 0.25) is 0 Å². The zero-order chi connectivity index (χ0) is 20.7. The molecule has 0 spiro atoms. The Bertz CT molecular complexity index is 981. The lowest BCUT2D eigenvalue weighted by Gasteiger charge is -2.24. The summed E-state index contributed by atoms with van der Waals surface area (Å²) in [5.41, 5.74) is 1.79. The fourth-order valence-corrected chi connectivity index (χ4v) is 3.18. The van der Waals surface area contributed by atoms with Gasteiger partial charge in [0.1, 0.15) is 11.5 Å². The van der Waals surface area contributed by atoms with Crippen molar-refractivity contribution in [1.82, 2.24) is 19.9 Å². The van der Waals surface area contributed by atoms with Crippen molar-refractivity contribution in [2.24, 2.45) is 0 Å². The lowest BCUT2D eigenvalue weighted by molar-refractivity contribution is -0.141. The Morgan fingerprint density at radius 2 is 1.61 bits per heavy atom. The Kier molecular flexibility index (Phi) is 4.98. The molecule has 3 aromatic heterocycles. The second-order valence-corrected chi connectivity index (χ2v) is 8.81. The van der Waals surface area contributed by atoms with Crippen molar-refractivity contribution in [3.05, 3.63) is 53.4 Å². The SMILES string of the molecule is CC(C)(C)c1cncc2[nH]c(CCC(C)(C)c3cccc(C(F)(F)F)n3)nc12. The van der Waals surface area contributed by atoms with Gasteiger partial charge in [-0.2, -0.15) is 13.2 Å². The molecule has 28 heavy (non-hydrogen) atoms. The van der Waals surface area contributed by atoms with E-state index in [1.54, 1.807) is 12.3 Å². The maximum absolute atomic E-state index is 13.0. The Morgan fingerprint density at radius 1 is 0.929 bits per heavy atom. The van der Waals surface area contributed by atoms with Crippen molar-refractivity contribution < 1.29 is 13.2 Å². The molecule has 0 atom stereocenters. The molecular formula is C21H25F3N4. The van der Waals surface area contributed by atoms with Gasteiger partial charge in [0, 0.05) is 29.3 Å². The monoisotopic (exact) mass is 390 g/mol. The van der Waals surface area contributed by atoms with E-state index in [1.165, 1.54) is 6.07 Å². The molecule has 150 valence electrons. The molecule has 0 aliphatic carbocycles. The first-order chi connectivity index (χ1) is 12.9. The molecule has 0 amide bonds. The lowest BCUT2D eigenvalue weighted by atomic mass is 9.83. The second-order valence-electron chi connectivity index (χ2n) is 8.81. The van der Waals surface area contributed by atoms with Gasteiger partial charge < -0.3 is 4.98 Å². The zero-order valence-corrected chi connectivity index (χ0v) is 16.8. The second kappa shape index (κ2) is 6.87. The van der Waals surface area contributed by atoms with E-state index in [-0.39, 0.29) is 5.41 Å². The highest BCUT2D eigenvalue weighted by Crippen LogP contribution is 2.33. The Labute approximate surface area is 162 Å². The van der Waals surface area contributed by atoms with Crippen LogP contribution in [-0.2, 0) is 23.4 Å². The lowest BCUT2D eigenvalue weighted by Crippen LogP contribution is -2.22. The van der Waals surface area contributed by atoms with Crippen LogP contribution in [0.1, 0.15) is 63.8 Å². The number of aromatic amines is 1. The molecule has 4 nitrogen and oxygen atoms in total. The summed E-state index contributed by atoms with van der Waals surface area (Å²) in [4.78, 5) is 16.2. The van der Waals surface area contributed by atoms with Crippen LogP contribution in [0, 0.1) is 0 Å². The molecule has 0 radical (unpaired) electrons.